The molecule has 0 atom stereocenters. The van der Waals surface area contributed by atoms with Crippen LogP contribution in [0.5, 0.6) is 0 Å². The predicted octanol–water partition coefficient (Wildman–Crippen LogP) is 8.02. The van der Waals surface area contributed by atoms with Crippen LogP contribution < -0.4 is 0 Å². The molecular weight excluding hydrogens is 338 g/mol. The number of hydrogen-bond donors (Lipinski definition) is 0. The zero-order chi connectivity index (χ0) is 19.6. The fourth-order valence-electron chi connectivity index (χ4n) is 4.40. The molecule has 0 bridgehead atoms. The topological polar surface area (TPSA) is 12.4 Å². The Labute approximate surface area is 171 Å². The van der Waals surface area contributed by atoms with E-state index in [0.717, 1.165) is 35.9 Å². The molecule has 1 aliphatic carbocycles. The van der Waals surface area contributed by atoms with E-state index in [1.165, 1.54) is 56.1 Å². The molecule has 0 saturated heterocycles. The minimum Gasteiger partial charge on any atom is -0.256 e. The van der Waals surface area contributed by atoms with Crippen LogP contribution in [0.15, 0.2) is 66.2 Å². The van der Waals surface area contributed by atoms with Crippen LogP contribution in [-0.2, 0) is 6.42 Å². The number of unbranched alkanes of at least 4 members (excludes halogenated alkanes) is 1. The molecule has 0 amide bonds. The van der Waals surface area contributed by atoms with Gasteiger partial charge >= 0.3 is 0 Å². The summed E-state index contributed by atoms with van der Waals surface area (Å²) in [5.41, 5.74) is 5.08. The molecule has 0 aliphatic heterocycles. The summed E-state index contributed by atoms with van der Waals surface area (Å²) in [6.45, 7) is 6.09. The number of allylic oxidation sites excluding steroid dienone is 1. The largest absolute Gasteiger partial charge is 0.256 e. The molecule has 28 heavy (non-hydrogen) atoms. The van der Waals surface area contributed by atoms with E-state index in [2.05, 4.69) is 67.0 Å². The maximum Gasteiger partial charge on any atom is 0.0630 e. The third-order valence-electron chi connectivity index (χ3n) is 6.12. The molecule has 0 spiro atoms. The highest BCUT2D eigenvalue weighted by atomic mass is 14.7. The van der Waals surface area contributed by atoms with Gasteiger partial charge in [-0.25, -0.2) is 0 Å². The average molecular weight is 374 g/mol. The van der Waals surface area contributed by atoms with Crippen molar-refractivity contribution in [2.45, 2.75) is 70.6 Å². The maximum atomic E-state index is 4.67. The first-order valence-corrected chi connectivity index (χ1v) is 11.1. The Hall–Kier alpha value is -2.15. The Morgan fingerprint density at radius 3 is 2.32 bits per heavy atom. The second-order valence-electron chi connectivity index (χ2n) is 8.28. The molecule has 0 heterocycles. The zero-order valence-electron chi connectivity index (χ0n) is 17.4. The maximum absolute atomic E-state index is 4.67. The van der Waals surface area contributed by atoms with Gasteiger partial charge in [-0.2, -0.15) is 0 Å². The number of aliphatic imine (C=N–C) groups is 1. The van der Waals surface area contributed by atoms with E-state index >= 15 is 0 Å². The minimum absolute atomic E-state index is 0.750. The van der Waals surface area contributed by atoms with Gasteiger partial charge in [-0.1, -0.05) is 62.2 Å². The normalized spacial score (nSPS) is 19.8. The summed E-state index contributed by atoms with van der Waals surface area (Å²) in [6, 6.07) is 17.7. The van der Waals surface area contributed by atoms with E-state index in [4.69, 9.17) is 0 Å². The molecule has 0 N–H and O–H groups in total. The van der Waals surface area contributed by atoms with Crippen LogP contribution >= 0.6 is 0 Å². The van der Waals surface area contributed by atoms with Gasteiger partial charge in [-0.05, 0) is 85.6 Å². The van der Waals surface area contributed by atoms with Gasteiger partial charge in [0.05, 0.1) is 5.69 Å². The Balaban J connectivity index is 1.52. The lowest BCUT2D eigenvalue weighted by molar-refractivity contribution is 0.308. The minimum atomic E-state index is 0.750. The van der Waals surface area contributed by atoms with E-state index in [1.807, 2.05) is 12.3 Å². The van der Waals surface area contributed by atoms with E-state index in [9.17, 15) is 0 Å². The Bertz CT molecular complexity index is 731. The van der Waals surface area contributed by atoms with Gasteiger partial charge in [0.15, 0.2) is 0 Å². The smallest absolute Gasteiger partial charge is 0.0630 e. The highest BCUT2D eigenvalue weighted by Gasteiger charge is 2.21. The van der Waals surface area contributed by atoms with Crippen molar-refractivity contribution < 1.29 is 0 Å². The van der Waals surface area contributed by atoms with Gasteiger partial charge in [-0.3, -0.25) is 4.99 Å². The average Bonchev–Trinajstić information content (AvgIpc) is 2.75. The van der Waals surface area contributed by atoms with Gasteiger partial charge in [0.25, 0.3) is 0 Å². The van der Waals surface area contributed by atoms with Gasteiger partial charge in [0.1, 0.15) is 0 Å². The van der Waals surface area contributed by atoms with Crippen LogP contribution in [0.2, 0.25) is 0 Å². The molecule has 1 heteroatoms. The van der Waals surface area contributed by atoms with Crippen LogP contribution in [0.4, 0.5) is 5.69 Å². The number of rotatable bonds is 9. The van der Waals surface area contributed by atoms with Crippen molar-refractivity contribution in [3.05, 3.63) is 77.9 Å². The third-order valence-corrected chi connectivity index (χ3v) is 6.12. The van der Waals surface area contributed by atoms with Crippen molar-refractivity contribution in [2.75, 3.05) is 0 Å². The van der Waals surface area contributed by atoms with Crippen molar-refractivity contribution in [3.63, 3.8) is 0 Å². The lowest BCUT2D eigenvalue weighted by Gasteiger charge is -2.28. The van der Waals surface area contributed by atoms with E-state index in [-0.39, 0.29) is 0 Å². The van der Waals surface area contributed by atoms with Crippen LogP contribution in [0.25, 0.3) is 0 Å². The summed E-state index contributed by atoms with van der Waals surface area (Å²) in [6.07, 6.45) is 15.6. The molecule has 0 radical (unpaired) electrons. The standard InChI is InChI=1S/C27H35N/c1-3-5-6-8-23-9-11-24(12-10-23)21-28-27-19-17-26(18-20-27)25-15-13-22(7-4-2)14-16-25/h3,9-12,17-22,25H,1,4-8,13-16H2,2H3. The second-order valence-corrected chi connectivity index (χ2v) is 8.28. The van der Waals surface area contributed by atoms with Crippen molar-refractivity contribution in [1.82, 2.24) is 0 Å². The molecule has 2 aromatic carbocycles. The Morgan fingerprint density at radius 1 is 0.964 bits per heavy atom. The first-order chi connectivity index (χ1) is 13.8. The fourth-order valence-corrected chi connectivity index (χ4v) is 4.40. The summed E-state index contributed by atoms with van der Waals surface area (Å²) in [4.78, 5) is 4.67. The summed E-state index contributed by atoms with van der Waals surface area (Å²) in [5.74, 6) is 1.72. The summed E-state index contributed by atoms with van der Waals surface area (Å²) < 4.78 is 0. The Kier molecular flexibility index (Phi) is 8.08. The highest BCUT2D eigenvalue weighted by Crippen LogP contribution is 2.37. The summed E-state index contributed by atoms with van der Waals surface area (Å²) in [5, 5.41) is 0. The molecule has 1 aliphatic rings. The molecule has 1 nitrogen and oxygen atoms in total. The third kappa shape index (κ3) is 6.19. The van der Waals surface area contributed by atoms with E-state index in [0.29, 0.717) is 0 Å². The second kappa shape index (κ2) is 11.0. The summed E-state index contributed by atoms with van der Waals surface area (Å²) in [7, 11) is 0. The number of benzene rings is 2. The molecular formula is C27H35N. The quantitative estimate of drug-likeness (QED) is 0.240. The van der Waals surface area contributed by atoms with Gasteiger partial charge in [0, 0.05) is 6.21 Å². The van der Waals surface area contributed by atoms with E-state index in [1.54, 1.807) is 0 Å². The van der Waals surface area contributed by atoms with Crippen LogP contribution in [0.1, 0.15) is 80.9 Å². The molecule has 1 fully saturated rings. The molecule has 148 valence electrons. The van der Waals surface area contributed by atoms with Gasteiger partial charge in [0.2, 0.25) is 0 Å². The van der Waals surface area contributed by atoms with Crippen molar-refractivity contribution in [2.24, 2.45) is 10.9 Å². The van der Waals surface area contributed by atoms with Crippen molar-refractivity contribution in [1.29, 1.82) is 0 Å². The Morgan fingerprint density at radius 2 is 1.68 bits per heavy atom. The first-order valence-electron chi connectivity index (χ1n) is 11.1. The predicted molar refractivity (Wildman–Crippen MR) is 123 cm³/mol. The van der Waals surface area contributed by atoms with Gasteiger partial charge in [-0.15, -0.1) is 6.58 Å². The SMILES string of the molecule is C=CCCCc1ccc(C=Nc2ccc(C3CCC(CCC)CC3)cc2)cc1. The lowest BCUT2D eigenvalue weighted by atomic mass is 9.77. The highest BCUT2D eigenvalue weighted by molar-refractivity contribution is 5.81. The number of nitrogens with zero attached hydrogens (tertiary/aromatic N) is 1. The molecule has 0 aromatic heterocycles. The van der Waals surface area contributed by atoms with Gasteiger partial charge < -0.3 is 0 Å². The van der Waals surface area contributed by atoms with Crippen LogP contribution in [0.3, 0.4) is 0 Å². The molecule has 0 unspecified atom stereocenters. The van der Waals surface area contributed by atoms with Crippen LogP contribution in [0, 0.1) is 5.92 Å². The number of aryl methyl sites for hydroxylation is 1. The fraction of sp³-hybridized carbons (Fsp3) is 0.444. The lowest BCUT2D eigenvalue weighted by Crippen LogP contribution is -2.13. The molecule has 2 aromatic rings. The van der Waals surface area contributed by atoms with Crippen LogP contribution in [-0.4, -0.2) is 6.21 Å². The number of hydrogen-bond acceptors (Lipinski definition) is 1. The molecule has 1 saturated carbocycles. The molecule has 3 rings (SSSR count). The van der Waals surface area contributed by atoms with Crippen molar-refractivity contribution in [3.8, 4) is 0 Å². The summed E-state index contributed by atoms with van der Waals surface area (Å²) >= 11 is 0. The van der Waals surface area contributed by atoms with E-state index < -0.39 is 0 Å². The van der Waals surface area contributed by atoms with Crippen molar-refractivity contribution >= 4 is 11.9 Å². The monoisotopic (exact) mass is 373 g/mol. The first kappa shape index (κ1) is 20.6. The zero-order valence-corrected chi connectivity index (χ0v) is 17.4.